The van der Waals surface area contributed by atoms with Crippen LogP contribution in [0.3, 0.4) is 0 Å². The van der Waals surface area contributed by atoms with Crippen LogP contribution in [0.25, 0.3) is 5.57 Å². The van der Waals surface area contributed by atoms with Gasteiger partial charge in [0.2, 0.25) is 0 Å². The maximum absolute atomic E-state index is 14.5. The Morgan fingerprint density at radius 2 is 1.96 bits per heavy atom. The first-order chi connectivity index (χ1) is 12.9. The highest BCUT2D eigenvalue weighted by atomic mass is 35.5. The van der Waals surface area contributed by atoms with Gasteiger partial charge in [-0.2, -0.15) is 0 Å². The summed E-state index contributed by atoms with van der Waals surface area (Å²) in [5.41, 5.74) is 5.25. The average Bonchev–Trinajstić information content (AvgIpc) is 3.08. The van der Waals surface area contributed by atoms with Crippen molar-refractivity contribution < 1.29 is 14.2 Å². The van der Waals surface area contributed by atoms with Crippen molar-refractivity contribution in [2.45, 2.75) is 39.0 Å². The van der Waals surface area contributed by atoms with Crippen molar-refractivity contribution in [1.29, 1.82) is 0 Å². The Bertz CT molecular complexity index is 845. The summed E-state index contributed by atoms with van der Waals surface area (Å²) >= 11 is 5.98. The predicted octanol–water partition coefficient (Wildman–Crippen LogP) is 6.81. The van der Waals surface area contributed by atoms with E-state index in [0.29, 0.717) is 25.2 Å². The van der Waals surface area contributed by atoms with Crippen LogP contribution in [-0.4, -0.2) is 11.7 Å². The first-order valence-electron chi connectivity index (χ1n) is 9.19. The predicted molar refractivity (Wildman–Crippen MR) is 109 cm³/mol. The Morgan fingerprint density at radius 1 is 1.22 bits per heavy atom. The highest BCUT2D eigenvalue weighted by molar-refractivity contribution is 6.30. The molecule has 0 unspecified atom stereocenters. The summed E-state index contributed by atoms with van der Waals surface area (Å²) in [6.07, 6.45) is 4.04. The monoisotopic (exact) mass is 386 g/mol. The van der Waals surface area contributed by atoms with Gasteiger partial charge in [-0.25, -0.2) is 4.39 Å². The third-order valence-electron chi connectivity index (χ3n) is 4.91. The van der Waals surface area contributed by atoms with Crippen molar-refractivity contribution in [3.05, 3.63) is 81.8 Å². The van der Waals surface area contributed by atoms with Crippen LogP contribution in [0.5, 0.6) is 5.75 Å². The summed E-state index contributed by atoms with van der Waals surface area (Å²) < 4.78 is 20.4. The number of aryl methyl sites for hydroxylation is 2. The fourth-order valence-electron chi connectivity index (χ4n) is 3.54. The molecule has 1 aliphatic carbocycles. The van der Waals surface area contributed by atoms with Crippen molar-refractivity contribution in [2.24, 2.45) is 0 Å². The first kappa shape index (κ1) is 19.5. The Morgan fingerprint density at radius 3 is 2.63 bits per heavy atom. The molecule has 3 rings (SSSR count). The Hall–Kier alpha value is -2.26. The van der Waals surface area contributed by atoms with Gasteiger partial charge in [0.15, 0.2) is 11.6 Å². The van der Waals surface area contributed by atoms with E-state index in [1.165, 1.54) is 17.2 Å². The van der Waals surface area contributed by atoms with Gasteiger partial charge in [-0.1, -0.05) is 36.4 Å². The normalized spacial score (nSPS) is 13.9. The third kappa shape index (κ3) is 4.92. The molecule has 4 heteroatoms. The zero-order valence-electron chi connectivity index (χ0n) is 15.5. The smallest absolute Gasteiger partial charge is 0.165 e. The molecule has 0 fully saturated rings. The number of allylic oxidation sites excluding steroid dienone is 2. The molecule has 0 bridgehead atoms. The van der Waals surface area contributed by atoms with Crippen LogP contribution >= 0.6 is 11.6 Å². The van der Waals surface area contributed by atoms with E-state index in [0.717, 1.165) is 41.0 Å². The molecule has 142 valence electrons. The number of rotatable bonds is 7. The molecule has 0 aromatic heterocycles. The van der Waals surface area contributed by atoms with Crippen LogP contribution < -0.4 is 4.74 Å². The highest BCUT2D eigenvalue weighted by Gasteiger charge is 2.18. The summed E-state index contributed by atoms with van der Waals surface area (Å²) in [5, 5.41) is 9.94. The maximum atomic E-state index is 14.5. The van der Waals surface area contributed by atoms with Gasteiger partial charge >= 0.3 is 0 Å². The molecule has 0 spiro atoms. The maximum Gasteiger partial charge on any atom is 0.165 e. The minimum Gasteiger partial charge on any atom is -0.513 e. The number of ether oxygens (including phenoxy) is 1. The van der Waals surface area contributed by atoms with Crippen molar-refractivity contribution in [3.63, 3.8) is 0 Å². The molecule has 1 N–H and O–H groups in total. The molecule has 0 heterocycles. The van der Waals surface area contributed by atoms with Crippen molar-refractivity contribution in [1.82, 2.24) is 0 Å². The summed E-state index contributed by atoms with van der Waals surface area (Å²) in [5.74, 6) is 0.0490. The molecule has 0 saturated heterocycles. The molecule has 0 saturated carbocycles. The van der Waals surface area contributed by atoms with E-state index < -0.39 is 0 Å². The van der Waals surface area contributed by atoms with Crippen LogP contribution in [0.4, 0.5) is 4.39 Å². The Kier molecular flexibility index (Phi) is 6.22. The van der Waals surface area contributed by atoms with Crippen molar-refractivity contribution in [3.8, 4) is 5.75 Å². The van der Waals surface area contributed by atoms with Crippen molar-refractivity contribution in [2.75, 3.05) is 6.61 Å². The van der Waals surface area contributed by atoms with Crippen LogP contribution in [-0.2, 0) is 6.42 Å². The molecule has 2 aromatic carbocycles. The number of hydrogen-bond acceptors (Lipinski definition) is 2. The van der Waals surface area contributed by atoms with E-state index in [1.807, 2.05) is 37.3 Å². The number of aliphatic hydroxyl groups is 1. The summed E-state index contributed by atoms with van der Waals surface area (Å²) in [6, 6.07) is 11.2. The lowest BCUT2D eigenvalue weighted by atomic mass is 10.0. The molecule has 2 aromatic rings. The van der Waals surface area contributed by atoms with Crippen LogP contribution in [0.15, 0.2) is 54.3 Å². The number of aliphatic hydroxyl groups excluding tert-OH is 1. The lowest BCUT2D eigenvalue weighted by Crippen LogP contribution is -2.05. The van der Waals surface area contributed by atoms with Crippen LogP contribution in [0.2, 0.25) is 5.02 Å². The minimum atomic E-state index is -0.361. The topological polar surface area (TPSA) is 29.5 Å². The van der Waals surface area contributed by atoms with Gasteiger partial charge < -0.3 is 9.84 Å². The first-order valence-corrected chi connectivity index (χ1v) is 9.57. The van der Waals surface area contributed by atoms with Gasteiger partial charge in [0, 0.05) is 11.4 Å². The molecular weight excluding hydrogens is 363 g/mol. The molecule has 0 aliphatic heterocycles. The quantitative estimate of drug-likeness (QED) is 0.529. The zero-order valence-corrected chi connectivity index (χ0v) is 16.3. The van der Waals surface area contributed by atoms with Gasteiger partial charge in [-0.15, -0.1) is 0 Å². The van der Waals surface area contributed by atoms with E-state index in [9.17, 15) is 9.50 Å². The lowest BCUT2D eigenvalue weighted by molar-refractivity contribution is 0.327. The Labute approximate surface area is 164 Å². The second-order valence-corrected chi connectivity index (χ2v) is 7.46. The SMILES string of the molecule is C=C(O)CCc1cc(C)c(OCC2=C(c3ccc(Cl)cc3)CCC2)c(F)c1. The van der Waals surface area contributed by atoms with Gasteiger partial charge in [0.05, 0.1) is 5.76 Å². The van der Waals surface area contributed by atoms with E-state index in [2.05, 4.69) is 6.58 Å². The molecule has 0 atom stereocenters. The molecule has 1 aliphatic rings. The van der Waals surface area contributed by atoms with Crippen LogP contribution in [0, 0.1) is 12.7 Å². The van der Waals surface area contributed by atoms with Crippen molar-refractivity contribution >= 4 is 17.2 Å². The second-order valence-electron chi connectivity index (χ2n) is 7.02. The second kappa shape index (κ2) is 8.62. The van der Waals surface area contributed by atoms with Gasteiger partial charge in [-0.3, -0.25) is 0 Å². The lowest BCUT2D eigenvalue weighted by Gasteiger charge is -2.14. The molecular formula is C23H24ClFO2. The van der Waals surface area contributed by atoms with Gasteiger partial charge in [0.25, 0.3) is 0 Å². The fraction of sp³-hybridized carbons (Fsp3) is 0.304. The van der Waals surface area contributed by atoms with Gasteiger partial charge in [0.1, 0.15) is 6.61 Å². The number of hydrogen-bond donors (Lipinski definition) is 1. The summed E-state index contributed by atoms with van der Waals surface area (Å²) in [7, 11) is 0. The largest absolute Gasteiger partial charge is 0.513 e. The number of halogens is 2. The standard InChI is InChI=1S/C23H24ClFO2/c1-15-12-17(7-6-16(2)26)13-22(25)23(15)27-14-19-4-3-5-21(19)18-8-10-20(24)11-9-18/h8-13,26H,2-7,14H2,1H3. The zero-order chi connectivity index (χ0) is 19.4. The molecule has 2 nitrogen and oxygen atoms in total. The van der Waals surface area contributed by atoms with E-state index >= 15 is 0 Å². The summed E-state index contributed by atoms with van der Waals surface area (Å²) in [4.78, 5) is 0. The highest BCUT2D eigenvalue weighted by Crippen LogP contribution is 2.35. The summed E-state index contributed by atoms with van der Waals surface area (Å²) in [6.45, 7) is 5.71. The molecule has 27 heavy (non-hydrogen) atoms. The average molecular weight is 387 g/mol. The minimum absolute atomic E-state index is 0.108. The van der Waals surface area contributed by atoms with Gasteiger partial charge in [-0.05, 0) is 78.6 Å². The van der Waals surface area contributed by atoms with E-state index in [-0.39, 0.29) is 11.6 Å². The van der Waals surface area contributed by atoms with Crippen LogP contribution in [0.1, 0.15) is 42.4 Å². The van der Waals surface area contributed by atoms with E-state index in [1.54, 1.807) is 0 Å². The third-order valence-corrected chi connectivity index (χ3v) is 5.16. The molecule has 0 amide bonds. The molecule has 0 radical (unpaired) electrons. The fourth-order valence-corrected chi connectivity index (χ4v) is 3.67. The number of benzene rings is 2. The van der Waals surface area contributed by atoms with E-state index in [4.69, 9.17) is 16.3 Å². The Balaban J connectivity index is 1.74.